The third kappa shape index (κ3) is 3.95. The summed E-state index contributed by atoms with van der Waals surface area (Å²) in [5.74, 6) is 0. The Labute approximate surface area is 122 Å². The maximum absolute atomic E-state index is 5.95. The second-order valence-electron chi connectivity index (χ2n) is 4.87. The van der Waals surface area contributed by atoms with Crippen LogP contribution in [0.1, 0.15) is 18.4 Å². The van der Waals surface area contributed by atoms with Gasteiger partial charge in [0.25, 0.3) is 0 Å². The summed E-state index contributed by atoms with van der Waals surface area (Å²) in [5.41, 5.74) is 1.36. The van der Waals surface area contributed by atoms with Crippen molar-refractivity contribution < 1.29 is 9.47 Å². The van der Waals surface area contributed by atoms with Gasteiger partial charge in [0.15, 0.2) is 0 Å². The Hall–Kier alpha value is -0.0900. The number of alkyl halides is 1. The van der Waals surface area contributed by atoms with Gasteiger partial charge in [0, 0.05) is 29.0 Å². The van der Waals surface area contributed by atoms with Crippen molar-refractivity contribution in [2.75, 3.05) is 25.2 Å². The number of ether oxygens (including phenoxy) is 2. The molecular weight excluding hydrogens is 316 g/mol. The highest BCUT2D eigenvalue weighted by molar-refractivity contribution is 9.09. The van der Waals surface area contributed by atoms with E-state index in [0.29, 0.717) is 6.61 Å². The topological polar surface area (TPSA) is 18.5 Å². The third-order valence-electron chi connectivity index (χ3n) is 3.40. The number of benzene rings is 1. The quantitative estimate of drug-likeness (QED) is 0.757. The van der Waals surface area contributed by atoms with Crippen LogP contribution in [0.15, 0.2) is 24.3 Å². The molecule has 1 saturated heterocycles. The van der Waals surface area contributed by atoms with Gasteiger partial charge in [-0.05, 0) is 30.5 Å². The van der Waals surface area contributed by atoms with Crippen molar-refractivity contribution in [1.29, 1.82) is 0 Å². The summed E-state index contributed by atoms with van der Waals surface area (Å²) < 4.78 is 11.3. The second kappa shape index (κ2) is 6.90. The maximum atomic E-state index is 5.95. The van der Waals surface area contributed by atoms with Crippen LogP contribution in [-0.4, -0.2) is 25.2 Å². The maximum Gasteiger partial charge on any atom is 0.0717 e. The van der Waals surface area contributed by atoms with Gasteiger partial charge >= 0.3 is 0 Å². The molecule has 1 heterocycles. The van der Waals surface area contributed by atoms with Crippen LogP contribution in [0, 0.1) is 5.41 Å². The van der Waals surface area contributed by atoms with Crippen molar-refractivity contribution in [3.05, 3.63) is 34.9 Å². The van der Waals surface area contributed by atoms with Crippen molar-refractivity contribution in [1.82, 2.24) is 0 Å². The number of hydrogen-bond acceptors (Lipinski definition) is 2. The fraction of sp³-hybridized carbons (Fsp3) is 0.571. The highest BCUT2D eigenvalue weighted by Gasteiger charge is 2.31. The van der Waals surface area contributed by atoms with E-state index < -0.39 is 0 Å². The normalized spacial score (nSPS) is 18.8. The molecule has 1 aliphatic heterocycles. The molecule has 1 aliphatic rings. The van der Waals surface area contributed by atoms with Crippen LogP contribution in [0.4, 0.5) is 0 Å². The highest BCUT2D eigenvalue weighted by Crippen LogP contribution is 2.33. The fourth-order valence-corrected chi connectivity index (χ4v) is 3.07. The lowest BCUT2D eigenvalue weighted by Gasteiger charge is -2.35. The predicted molar refractivity (Wildman–Crippen MR) is 77.4 cm³/mol. The van der Waals surface area contributed by atoms with Gasteiger partial charge in [-0.1, -0.05) is 39.7 Å². The first-order chi connectivity index (χ1) is 8.74. The van der Waals surface area contributed by atoms with Crippen LogP contribution in [0.5, 0.6) is 0 Å². The molecule has 2 nitrogen and oxygen atoms in total. The van der Waals surface area contributed by atoms with Crippen LogP contribution in [0.25, 0.3) is 0 Å². The number of hydrogen-bond donors (Lipinski definition) is 0. The summed E-state index contributed by atoms with van der Waals surface area (Å²) in [7, 11) is 0. The molecule has 0 bridgehead atoms. The molecule has 100 valence electrons. The summed E-state index contributed by atoms with van der Waals surface area (Å²) in [6.07, 6.45) is 2.13. The Morgan fingerprint density at radius 3 is 2.78 bits per heavy atom. The average molecular weight is 334 g/mol. The lowest BCUT2D eigenvalue weighted by Crippen LogP contribution is -2.35. The summed E-state index contributed by atoms with van der Waals surface area (Å²) in [6, 6.07) is 7.82. The third-order valence-corrected chi connectivity index (χ3v) is 4.83. The summed E-state index contributed by atoms with van der Waals surface area (Å²) in [5, 5.41) is 1.73. The minimum atomic E-state index is 0.233. The molecule has 1 aromatic rings. The van der Waals surface area contributed by atoms with E-state index in [2.05, 4.69) is 15.9 Å². The van der Waals surface area contributed by atoms with E-state index in [1.807, 2.05) is 24.3 Å². The van der Waals surface area contributed by atoms with E-state index >= 15 is 0 Å². The van der Waals surface area contributed by atoms with Crippen molar-refractivity contribution >= 4 is 27.5 Å². The molecule has 0 saturated carbocycles. The Morgan fingerprint density at radius 2 is 2.11 bits per heavy atom. The van der Waals surface area contributed by atoms with Gasteiger partial charge in [0.2, 0.25) is 0 Å². The molecule has 0 aromatic heterocycles. The first-order valence-corrected chi connectivity index (χ1v) is 7.70. The van der Waals surface area contributed by atoms with E-state index in [1.54, 1.807) is 0 Å². The zero-order valence-corrected chi connectivity index (χ0v) is 12.7. The molecule has 0 radical (unpaired) electrons. The highest BCUT2D eigenvalue weighted by atomic mass is 79.9. The van der Waals surface area contributed by atoms with Crippen molar-refractivity contribution in [2.45, 2.75) is 19.4 Å². The Bertz CT molecular complexity index is 378. The molecule has 0 atom stereocenters. The predicted octanol–water partition coefficient (Wildman–Crippen LogP) is 4.05. The van der Waals surface area contributed by atoms with Crippen molar-refractivity contribution in [3.8, 4) is 0 Å². The van der Waals surface area contributed by atoms with E-state index in [9.17, 15) is 0 Å². The Balaban J connectivity index is 1.83. The summed E-state index contributed by atoms with van der Waals surface area (Å²) in [4.78, 5) is 0. The van der Waals surface area contributed by atoms with Gasteiger partial charge in [-0.2, -0.15) is 0 Å². The smallest absolute Gasteiger partial charge is 0.0717 e. The lowest BCUT2D eigenvalue weighted by atomic mass is 9.83. The molecule has 18 heavy (non-hydrogen) atoms. The van der Waals surface area contributed by atoms with Gasteiger partial charge in [-0.25, -0.2) is 0 Å². The van der Waals surface area contributed by atoms with Crippen LogP contribution in [-0.2, 0) is 16.1 Å². The lowest BCUT2D eigenvalue weighted by molar-refractivity contribution is -0.0311. The molecule has 1 fully saturated rings. The van der Waals surface area contributed by atoms with Crippen LogP contribution in [0.2, 0.25) is 5.02 Å². The molecule has 0 aliphatic carbocycles. The van der Waals surface area contributed by atoms with Gasteiger partial charge < -0.3 is 9.47 Å². The van der Waals surface area contributed by atoms with Crippen LogP contribution < -0.4 is 0 Å². The first-order valence-electron chi connectivity index (χ1n) is 6.20. The molecule has 0 spiro atoms. The largest absolute Gasteiger partial charge is 0.381 e. The van der Waals surface area contributed by atoms with Gasteiger partial charge in [-0.3, -0.25) is 0 Å². The molecule has 4 heteroatoms. The molecule has 2 rings (SSSR count). The van der Waals surface area contributed by atoms with Gasteiger partial charge in [-0.15, -0.1) is 0 Å². The molecule has 0 unspecified atom stereocenters. The van der Waals surface area contributed by atoms with Gasteiger partial charge in [0.1, 0.15) is 0 Å². The molecule has 0 N–H and O–H groups in total. The monoisotopic (exact) mass is 332 g/mol. The Morgan fingerprint density at radius 1 is 1.33 bits per heavy atom. The van der Waals surface area contributed by atoms with Crippen LogP contribution >= 0.6 is 27.5 Å². The van der Waals surface area contributed by atoms with E-state index in [1.165, 1.54) is 0 Å². The van der Waals surface area contributed by atoms with Crippen molar-refractivity contribution in [2.24, 2.45) is 5.41 Å². The zero-order valence-electron chi connectivity index (χ0n) is 10.3. The van der Waals surface area contributed by atoms with E-state index in [-0.39, 0.29) is 5.41 Å². The zero-order chi connectivity index (χ0) is 12.8. The van der Waals surface area contributed by atoms with E-state index in [4.69, 9.17) is 21.1 Å². The molecule has 1 aromatic carbocycles. The standard InChI is InChI=1S/C14H18BrClO2/c15-10-14(4-6-17-7-5-14)11-18-9-12-2-1-3-13(16)8-12/h1-3,8H,4-7,9-11H2. The SMILES string of the molecule is Clc1cccc(COCC2(CBr)CCOCC2)c1. The first kappa shape index (κ1) is 14.3. The van der Waals surface area contributed by atoms with Crippen LogP contribution in [0.3, 0.4) is 0 Å². The Kier molecular flexibility index (Phi) is 5.49. The summed E-state index contributed by atoms with van der Waals surface area (Å²) >= 11 is 9.56. The fourth-order valence-electron chi connectivity index (χ4n) is 2.13. The minimum absolute atomic E-state index is 0.233. The minimum Gasteiger partial charge on any atom is -0.381 e. The van der Waals surface area contributed by atoms with Gasteiger partial charge in [0.05, 0.1) is 13.2 Å². The van der Waals surface area contributed by atoms with Crippen molar-refractivity contribution in [3.63, 3.8) is 0 Å². The van der Waals surface area contributed by atoms with E-state index in [0.717, 1.165) is 48.6 Å². The molecule has 0 amide bonds. The molecular formula is C14H18BrClO2. The average Bonchev–Trinajstić information content (AvgIpc) is 2.40. The second-order valence-corrected chi connectivity index (χ2v) is 5.87. The summed E-state index contributed by atoms with van der Waals surface area (Å²) in [6.45, 7) is 3.07. The number of rotatable bonds is 5. The number of halogens is 2.